The zero-order chi connectivity index (χ0) is 20.2. The van der Waals surface area contributed by atoms with Crippen molar-refractivity contribution in [3.8, 4) is 11.5 Å². The van der Waals surface area contributed by atoms with Crippen LogP contribution in [-0.4, -0.2) is 68.0 Å². The number of hydrogen-bond acceptors (Lipinski definition) is 6. The molecule has 6 heteroatoms. The fourth-order valence-electron chi connectivity index (χ4n) is 3.76. The number of aliphatic hydroxyl groups excluding tert-OH is 1. The van der Waals surface area contributed by atoms with Gasteiger partial charge in [0.05, 0.1) is 7.11 Å². The highest BCUT2D eigenvalue weighted by Crippen LogP contribution is 2.28. The van der Waals surface area contributed by atoms with Crippen LogP contribution >= 0.6 is 11.8 Å². The Bertz CT molecular complexity index is 553. The van der Waals surface area contributed by atoms with Gasteiger partial charge in [-0.05, 0) is 62.6 Å². The summed E-state index contributed by atoms with van der Waals surface area (Å²) in [6, 6.07) is 6.60. The summed E-state index contributed by atoms with van der Waals surface area (Å²) < 4.78 is 11.4. The lowest BCUT2D eigenvalue weighted by Crippen LogP contribution is -2.40. The maximum absolute atomic E-state index is 10.4. The van der Waals surface area contributed by atoms with Crippen molar-refractivity contribution in [3.63, 3.8) is 0 Å². The summed E-state index contributed by atoms with van der Waals surface area (Å²) in [5.41, 5.74) is 1.17. The highest BCUT2D eigenvalue weighted by atomic mass is 32.2. The zero-order valence-electron chi connectivity index (χ0n) is 17.8. The zero-order valence-corrected chi connectivity index (χ0v) is 18.6. The Hall–Kier alpha value is -0.950. The SMILES string of the molecule is COc1cc(CNCCCSC)ccc1OC[C@@H](O)CN(C)C1CCCCC1. The first-order chi connectivity index (χ1) is 13.6. The number of rotatable bonds is 13. The summed E-state index contributed by atoms with van der Waals surface area (Å²) in [5.74, 6) is 2.59. The molecule has 1 atom stereocenters. The number of benzene rings is 1. The molecule has 0 aromatic heterocycles. The van der Waals surface area contributed by atoms with Gasteiger partial charge in [-0.15, -0.1) is 0 Å². The van der Waals surface area contributed by atoms with E-state index in [-0.39, 0.29) is 6.61 Å². The van der Waals surface area contributed by atoms with Crippen molar-refractivity contribution in [1.29, 1.82) is 0 Å². The number of nitrogens with one attached hydrogen (secondary N) is 1. The minimum Gasteiger partial charge on any atom is -0.493 e. The number of methoxy groups -OCH3 is 1. The second-order valence-electron chi connectivity index (χ2n) is 7.70. The maximum Gasteiger partial charge on any atom is 0.161 e. The molecule has 0 spiro atoms. The van der Waals surface area contributed by atoms with Gasteiger partial charge in [-0.3, -0.25) is 0 Å². The standard InChI is InChI=1S/C22H38N2O3S/c1-24(19-8-5-4-6-9-19)16-20(25)17-27-21-11-10-18(14-22(21)26-2)15-23-12-7-13-28-3/h10-11,14,19-20,23,25H,4-9,12-13,15-17H2,1-3H3/t20-/m0/s1. The van der Waals surface area contributed by atoms with Crippen molar-refractivity contribution >= 4 is 11.8 Å². The van der Waals surface area contributed by atoms with Gasteiger partial charge in [-0.1, -0.05) is 25.3 Å². The Morgan fingerprint density at radius 3 is 2.75 bits per heavy atom. The van der Waals surface area contributed by atoms with Crippen LogP contribution in [-0.2, 0) is 6.54 Å². The van der Waals surface area contributed by atoms with Gasteiger partial charge >= 0.3 is 0 Å². The Morgan fingerprint density at radius 1 is 1.25 bits per heavy atom. The summed E-state index contributed by atoms with van der Waals surface area (Å²) in [5, 5.41) is 13.9. The van der Waals surface area contributed by atoms with E-state index in [1.54, 1.807) is 7.11 Å². The molecule has 0 radical (unpaired) electrons. The Morgan fingerprint density at radius 2 is 2.04 bits per heavy atom. The molecule has 5 nitrogen and oxygen atoms in total. The molecule has 1 saturated carbocycles. The molecule has 0 saturated heterocycles. The Kier molecular flexibility index (Phi) is 11.1. The van der Waals surface area contributed by atoms with Gasteiger partial charge in [0.2, 0.25) is 0 Å². The van der Waals surface area contributed by atoms with E-state index in [0.717, 1.165) is 18.8 Å². The smallest absolute Gasteiger partial charge is 0.161 e. The number of likely N-dealkylation sites (N-methyl/N-ethyl adjacent to an activating group) is 1. The molecule has 2 N–H and O–H groups in total. The molecule has 0 heterocycles. The fraction of sp³-hybridized carbons (Fsp3) is 0.727. The quantitative estimate of drug-likeness (QED) is 0.485. The Labute approximate surface area is 175 Å². The van der Waals surface area contributed by atoms with Crippen LogP contribution in [0.4, 0.5) is 0 Å². The first-order valence-electron chi connectivity index (χ1n) is 10.5. The van der Waals surface area contributed by atoms with E-state index in [9.17, 15) is 5.11 Å². The van der Waals surface area contributed by atoms with Gasteiger partial charge in [0.25, 0.3) is 0 Å². The third-order valence-electron chi connectivity index (χ3n) is 5.39. The molecule has 0 bridgehead atoms. The summed E-state index contributed by atoms with van der Waals surface area (Å²) in [6.07, 6.45) is 9.24. The molecule has 1 aliphatic rings. The first kappa shape index (κ1) is 23.3. The lowest BCUT2D eigenvalue weighted by Gasteiger charge is -2.32. The molecule has 28 heavy (non-hydrogen) atoms. The summed E-state index contributed by atoms with van der Waals surface area (Å²) in [4.78, 5) is 2.29. The molecule has 1 aliphatic carbocycles. The van der Waals surface area contributed by atoms with Crippen LogP contribution in [0.5, 0.6) is 11.5 Å². The predicted octanol–water partition coefficient (Wildman–Crippen LogP) is 3.54. The predicted molar refractivity (Wildman–Crippen MR) is 119 cm³/mol. The van der Waals surface area contributed by atoms with Gasteiger partial charge in [-0.2, -0.15) is 11.8 Å². The van der Waals surface area contributed by atoms with Gasteiger partial charge in [0.15, 0.2) is 11.5 Å². The van der Waals surface area contributed by atoms with Gasteiger partial charge < -0.3 is 24.8 Å². The highest BCUT2D eigenvalue weighted by Gasteiger charge is 2.20. The van der Waals surface area contributed by atoms with Gasteiger partial charge in [-0.25, -0.2) is 0 Å². The maximum atomic E-state index is 10.4. The third kappa shape index (κ3) is 8.19. The average Bonchev–Trinajstić information content (AvgIpc) is 2.73. The topological polar surface area (TPSA) is 54.0 Å². The highest BCUT2D eigenvalue weighted by molar-refractivity contribution is 7.98. The van der Waals surface area contributed by atoms with Gasteiger partial charge in [0.1, 0.15) is 12.7 Å². The summed E-state index contributed by atoms with van der Waals surface area (Å²) in [7, 11) is 3.77. The number of ether oxygens (including phenoxy) is 2. The lowest BCUT2D eigenvalue weighted by atomic mass is 9.94. The molecule has 160 valence electrons. The average molecular weight is 411 g/mol. The lowest BCUT2D eigenvalue weighted by molar-refractivity contribution is 0.0553. The normalized spacial score (nSPS) is 16.3. The molecule has 0 amide bonds. The summed E-state index contributed by atoms with van der Waals surface area (Å²) >= 11 is 1.88. The van der Waals surface area contributed by atoms with Crippen LogP contribution in [0.2, 0.25) is 0 Å². The van der Waals surface area contributed by atoms with Crippen LogP contribution in [0, 0.1) is 0 Å². The van der Waals surface area contributed by atoms with E-state index in [1.807, 2.05) is 23.9 Å². The van der Waals surface area contributed by atoms with Crippen LogP contribution in [0.3, 0.4) is 0 Å². The second-order valence-corrected chi connectivity index (χ2v) is 8.69. The first-order valence-corrected chi connectivity index (χ1v) is 11.9. The van der Waals surface area contributed by atoms with Crippen LogP contribution in [0.25, 0.3) is 0 Å². The van der Waals surface area contributed by atoms with E-state index in [2.05, 4.69) is 29.6 Å². The molecule has 1 aromatic rings. The van der Waals surface area contributed by atoms with Crippen molar-refractivity contribution < 1.29 is 14.6 Å². The molecule has 0 unspecified atom stereocenters. The van der Waals surface area contributed by atoms with E-state index < -0.39 is 6.10 Å². The van der Waals surface area contributed by atoms with Crippen molar-refractivity contribution in [2.75, 3.05) is 45.9 Å². The molecule has 1 aromatic carbocycles. The molecular formula is C22H38N2O3S. The van der Waals surface area contributed by atoms with Crippen LogP contribution in [0.15, 0.2) is 18.2 Å². The third-order valence-corrected chi connectivity index (χ3v) is 6.08. The van der Waals surface area contributed by atoms with Crippen molar-refractivity contribution in [3.05, 3.63) is 23.8 Å². The molecular weight excluding hydrogens is 372 g/mol. The van der Waals surface area contributed by atoms with Gasteiger partial charge in [0, 0.05) is 19.1 Å². The van der Waals surface area contributed by atoms with E-state index >= 15 is 0 Å². The minimum absolute atomic E-state index is 0.277. The molecule has 0 aliphatic heterocycles. The summed E-state index contributed by atoms with van der Waals surface area (Å²) in [6.45, 7) is 2.76. The second kappa shape index (κ2) is 13.3. The van der Waals surface area contributed by atoms with Crippen LogP contribution < -0.4 is 14.8 Å². The number of nitrogens with zero attached hydrogens (tertiary/aromatic N) is 1. The number of aliphatic hydroxyl groups is 1. The Balaban J connectivity index is 1.77. The van der Waals surface area contributed by atoms with Crippen LogP contribution in [0.1, 0.15) is 44.1 Å². The van der Waals surface area contributed by atoms with E-state index in [4.69, 9.17) is 9.47 Å². The van der Waals surface area contributed by atoms with E-state index in [1.165, 1.54) is 49.8 Å². The van der Waals surface area contributed by atoms with Crippen molar-refractivity contribution in [2.45, 2.75) is 57.2 Å². The number of thioether (sulfide) groups is 1. The largest absolute Gasteiger partial charge is 0.493 e. The molecule has 1 fully saturated rings. The monoisotopic (exact) mass is 410 g/mol. The van der Waals surface area contributed by atoms with Crippen molar-refractivity contribution in [2.24, 2.45) is 0 Å². The number of hydrogen-bond donors (Lipinski definition) is 2. The van der Waals surface area contributed by atoms with E-state index in [0.29, 0.717) is 18.3 Å². The minimum atomic E-state index is -0.505. The fourth-order valence-corrected chi connectivity index (χ4v) is 4.19. The molecule has 2 rings (SSSR count). The van der Waals surface area contributed by atoms with Crippen molar-refractivity contribution in [1.82, 2.24) is 10.2 Å².